The Morgan fingerprint density at radius 2 is 1.82 bits per heavy atom. The first-order valence-corrected chi connectivity index (χ1v) is 16.4. The van der Waals surface area contributed by atoms with Crippen molar-refractivity contribution >= 4 is 27.3 Å². The van der Waals surface area contributed by atoms with Crippen molar-refractivity contribution in [2.45, 2.75) is 44.4 Å². The van der Waals surface area contributed by atoms with Crippen LogP contribution in [0.15, 0.2) is 54.7 Å². The summed E-state index contributed by atoms with van der Waals surface area (Å²) in [4.78, 5) is 22.5. The second-order valence-electron chi connectivity index (χ2n) is 11.7. The molecule has 3 heterocycles. The molecule has 2 fully saturated rings. The highest BCUT2D eigenvalue weighted by atomic mass is 32.2. The third-order valence-corrected chi connectivity index (χ3v) is 9.27. The number of carbonyl (C=O) groups is 1. The molecule has 2 aliphatic rings. The molecule has 1 saturated heterocycles. The molecule has 6 rings (SSSR count). The fourth-order valence-corrected chi connectivity index (χ4v) is 6.94. The van der Waals surface area contributed by atoms with Gasteiger partial charge in [-0.25, -0.2) is 17.9 Å². The number of halogens is 3. The van der Waals surface area contributed by atoms with Crippen LogP contribution in [0.1, 0.15) is 46.9 Å². The summed E-state index contributed by atoms with van der Waals surface area (Å²) in [6.45, 7) is 4.68. The predicted octanol–water partition coefficient (Wildman–Crippen LogP) is 4.94. The quantitative estimate of drug-likeness (QED) is 0.304. The Labute approximate surface area is 258 Å². The topological polar surface area (TPSA) is 109 Å². The number of anilines is 1. The van der Waals surface area contributed by atoms with Crippen molar-refractivity contribution in [2.75, 3.05) is 37.7 Å². The molecule has 4 aromatic rings. The average molecular weight is 643 g/mol. The number of carbonyl (C=O) groups excluding carboxylic acids is 1. The number of methoxy groups -OCH3 is 1. The summed E-state index contributed by atoms with van der Waals surface area (Å²) in [5, 5.41) is 3.99. The Balaban J connectivity index is 1.29. The molecule has 0 bridgehead atoms. The minimum atomic E-state index is -4.75. The van der Waals surface area contributed by atoms with E-state index in [2.05, 4.69) is 19.7 Å². The van der Waals surface area contributed by atoms with E-state index < -0.39 is 27.8 Å². The van der Waals surface area contributed by atoms with Crippen molar-refractivity contribution in [1.29, 1.82) is 0 Å². The Morgan fingerprint density at radius 1 is 1.11 bits per heavy atom. The first-order valence-electron chi connectivity index (χ1n) is 14.5. The number of hydrogen-bond acceptors (Lipinski definition) is 7. The molecule has 1 aliphatic carbocycles. The van der Waals surface area contributed by atoms with E-state index in [0.29, 0.717) is 41.2 Å². The summed E-state index contributed by atoms with van der Waals surface area (Å²) in [5.41, 5.74) is 0.525. The van der Waals surface area contributed by atoms with Crippen LogP contribution in [0, 0.1) is 6.92 Å². The van der Waals surface area contributed by atoms with Crippen LogP contribution in [-0.2, 0) is 21.7 Å². The molecule has 10 nitrogen and oxygen atoms in total. The van der Waals surface area contributed by atoms with Crippen molar-refractivity contribution in [3.8, 4) is 17.0 Å². The number of sulfonamides is 1. The Bertz CT molecular complexity index is 1890. The van der Waals surface area contributed by atoms with Gasteiger partial charge in [0, 0.05) is 48.0 Å². The lowest BCUT2D eigenvalue weighted by molar-refractivity contribution is -0.143. The van der Waals surface area contributed by atoms with Crippen molar-refractivity contribution < 1.29 is 31.1 Å². The Hall–Kier alpha value is -4.17. The third-order valence-electron chi connectivity index (χ3n) is 8.67. The number of rotatable bonds is 7. The number of alkyl halides is 3. The van der Waals surface area contributed by atoms with Crippen molar-refractivity contribution in [2.24, 2.45) is 0 Å². The zero-order chi connectivity index (χ0) is 32.3. The summed E-state index contributed by atoms with van der Waals surface area (Å²) in [6, 6.07) is 13.6. The van der Waals surface area contributed by atoms with Crippen molar-refractivity contribution in [3.63, 3.8) is 0 Å². The summed E-state index contributed by atoms with van der Waals surface area (Å²) < 4.78 is 75.1. The molecule has 0 unspecified atom stereocenters. The molecule has 0 radical (unpaired) electrons. The fraction of sp³-hybridized carbons (Fsp3) is 0.387. The molecule has 45 heavy (non-hydrogen) atoms. The standard InChI is InChI=1S/C31H33F3N6O4S/c1-19-18-38(30(12-13-30)22-6-5-7-23(16-22)37-45(4,42)43)14-15-39(19)29(41)25-17-35-40-27(31(32,33)34)20(2)26(36-28(25)40)21-8-10-24(44-3)11-9-21/h5-11,16-17,19,37H,12-15,18H2,1-4H3/t19-/m1/s1. The molecular weight excluding hydrogens is 609 g/mol. The maximum Gasteiger partial charge on any atom is 0.433 e. The van der Waals surface area contributed by atoms with Crippen LogP contribution >= 0.6 is 0 Å². The summed E-state index contributed by atoms with van der Waals surface area (Å²) >= 11 is 0. The van der Waals surface area contributed by atoms with Crippen LogP contribution in [-0.4, -0.2) is 77.8 Å². The number of piperazine rings is 1. The van der Waals surface area contributed by atoms with Gasteiger partial charge in [0.1, 0.15) is 11.3 Å². The second-order valence-corrected chi connectivity index (χ2v) is 13.5. The summed E-state index contributed by atoms with van der Waals surface area (Å²) in [6.07, 6.45) is -0.693. The number of hydrogen-bond donors (Lipinski definition) is 1. The van der Waals surface area contributed by atoms with Gasteiger partial charge < -0.3 is 9.64 Å². The molecule has 2 aromatic carbocycles. The van der Waals surface area contributed by atoms with Gasteiger partial charge in [-0.15, -0.1) is 0 Å². The number of nitrogens with zero attached hydrogens (tertiary/aromatic N) is 5. The largest absolute Gasteiger partial charge is 0.497 e. The zero-order valence-electron chi connectivity index (χ0n) is 25.2. The number of amides is 1. The van der Waals surface area contributed by atoms with E-state index >= 15 is 0 Å². The fourth-order valence-electron chi connectivity index (χ4n) is 6.38. The minimum absolute atomic E-state index is 0.00347. The minimum Gasteiger partial charge on any atom is -0.497 e. The normalized spacial score (nSPS) is 18.6. The smallest absolute Gasteiger partial charge is 0.433 e. The van der Waals surface area contributed by atoms with Gasteiger partial charge in [-0.2, -0.15) is 18.3 Å². The predicted molar refractivity (Wildman–Crippen MR) is 163 cm³/mol. The maximum atomic E-state index is 14.4. The molecule has 238 valence electrons. The number of nitrogens with one attached hydrogen (secondary N) is 1. The highest BCUT2D eigenvalue weighted by Gasteiger charge is 2.51. The van der Waals surface area contributed by atoms with Gasteiger partial charge in [0.25, 0.3) is 5.91 Å². The number of fused-ring (bicyclic) bond motifs is 1. The van der Waals surface area contributed by atoms with Crippen LogP contribution in [0.4, 0.5) is 18.9 Å². The van der Waals surface area contributed by atoms with Crippen molar-refractivity contribution in [3.05, 3.63) is 77.1 Å². The average Bonchev–Trinajstić information content (AvgIpc) is 3.69. The lowest BCUT2D eigenvalue weighted by Gasteiger charge is -2.44. The van der Waals surface area contributed by atoms with Gasteiger partial charge >= 0.3 is 6.18 Å². The highest BCUT2D eigenvalue weighted by Crippen LogP contribution is 2.52. The molecule has 14 heteroatoms. The van der Waals surface area contributed by atoms with Crippen LogP contribution < -0.4 is 9.46 Å². The van der Waals surface area contributed by atoms with Crippen LogP contribution in [0.2, 0.25) is 0 Å². The first kappa shape index (κ1) is 30.8. The van der Waals surface area contributed by atoms with Crippen molar-refractivity contribution in [1.82, 2.24) is 24.4 Å². The van der Waals surface area contributed by atoms with E-state index in [9.17, 15) is 26.4 Å². The van der Waals surface area contributed by atoms with E-state index in [1.54, 1.807) is 35.2 Å². The van der Waals surface area contributed by atoms with E-state index in [1.807, 2.05) is 25.1 Å². The Kier molecular flexibility index (Phi) is 7.55. The molecule has 1 N–H and O–H groups in total. The van der Waals surface area contributed by atoms with E-state index in [0.717, 1.165) is 24.7 Å². The highest BCUT2D eigenvalue weighted by molar-refractivity contribution is 7.92. The van der Waals surface area contributed by atoms with Gasteiger partial charge in [-0.3, -0.25) is 14.4 Å². The SMILES string of the molecule is COc1ccc(-c2nc3c(C(=O)N4CCN(C5(c6cccc(NS(C)(=O)=O)c6)CC5)C[C@H]4C)cnn3c(C(F)(F)F)c2C)cc1. The lowest BCUT2D eigenvalue weighted by Crippen LogP contribution is -2.56. The Morgan fingerprint density at radius 3 is 2.42 bits per heavy atom. The maximum absolute atomic E-state index is 14.4. The number of ether oxygens (including phenoxy) is 1. The van der Waals surface area contributed by atoms with Crippen LogP contribution in [0.5, 0.6) is 5.75 Å². The molecule has 2 aromatic heterocycles. The van der Waals surface area contributed by atoms with Crippen LogP contribution in [0.3, 0.4) is 0 Å². The number of benzene rings is 2. The van der Waals surface area contributed by atoms with Crippen LogP contribution in [0.25, 0.3) is 16.9 Å². The van der Waals surface area contributed by atoms with Gasteiger partial charge in [-0.1, -0.05) is 12.1 Å². The lowest BCUT2D eigenvalue weighted by atomic mass is 9.99. The van der Waals surface area contributed by atoms with Gasteiger partial charge in [0.15, 0.2) is 11.3 Å². The van der Waals surface area contributed by atoms with E-state index in [4.69, 9.17) is 4.74 Å². The summed E-state index contributed by atoms with van der Waals surface area (Å²) in [7, 11) is -1.93. The van der Waals surface area contributed by atoms with Gasteiger partial charge in [0.2, 0.25) is 10.0 Å². The third kappa shape index (κ3) is 5.72. The first-order chi connectivity index (χ1) is 21.2. The zero-order valence-corrected chi connectivity index (χ0v) is 26.0. The van der Waals surface area contributed by atoms with E-state index in [1.165, 1.54) is 20.2 Å². The number of aromatic nitrogens is 3. The molecule has 1 saturated carbocycles. The molecule has 1 atom stereocenters. The molecule has 1 aliphatic heterocycles. The monoisotopic (exact) mass is 642 g/mol. The van der Waals surface area contributed by atoms with Gasteiger partial charge in [-0.05, 0) is 68.7 Å². The molecule has 0 spiro atoms. The van der Waals surface area contributed by atoms with E-state index in [-0.39, 0.29) is 34.0 Å². The second kappa shape index (κ2) is 11.0. The molecule has 1 amide bonds. The van der Waals surface area contributed by atoms with Gasteiger partial charge in [0.05, 0.1) is 25.3 Å². The summed E-state index contributed by atoms with van der Waals surface area (Å²) in [5.74, 6) is 0.111. The molecular formula is C31H33F3N6O4S.